The highest BCUT2D eigenvalue weighted by Gasteiger charge is 2.20. The Morgan fingerprint density at radius 1 is 1.05 bits per heavy atom. The SMILES string of the molecule is CCCCN(CCC)C(=O)C(=O)Nc1ccc(C)cc1. The lowest BCUT2D eigenvalue weighted by Gasteiger charge is -2.21. The quantitative estimate of drug-likeness (QED) is 0.812. The minimum absolute atomic E-state index is 0.444. The zero-order chi connectivity index (χ0) is 15.0. The van der Waals surface area contributed by atoms with E-state index in [1.165, 1.54) is 0 Å². The molecule has 2 amide bonds. The molecule has 1 aromatic rings. The van der Waals surface area contributed by atoms with E-state index in [0.29, 0.717) is 18.8 Å². The number of unbranched alkanes of at least 4 members (excludes halogenated alkanes) is 1. The zero-order valence-electron chi connectivity index (χ0n) is 12.6. The first-order valence-electron chi connectivity index (χ1n) is 7.25. The van der Waals surface area contributed by atoms with E-state index < -0.39 is 11.8 Å². The maximum atomic E-state index is 12.1. The highest BCUT2D eigenvalue weighted by atomic mass is 16.2. The predicted molar refractivity (Wildman–Crippen MR) is 81.6 cm³/mol. The highest BCUT2D eigenvalue weighted by Crippen LogP contribution is 2.09. The summed E-state index contributed by atoms with van der Waals surface area (Å²) >= 11 is 0. The Balaban J connectivity index is 2.63. The largest absolute Gasteiger partial charge is 0.334 e. The molecule has 0 saturated heterocycles. The van der Waals surface area contributed by atoms with Crippen LogP contribution in [0.3, 0.4) is 0 Å². The highest BCUT2D eigenvalue weighted by molar-refractivity contribution is 6.39. The van der Waals surface area contributed by atoms with Crippen LogP contribution in [0.4, 0.5) is 5.69 Å². The molecule has 4 heteroatoms. The van der Waals surface area contributed by atoms with E-state index in [4.69, 9.17) is 0 Å². The van der Waals surface area contributed by atoms with Crippen LogP contribution in [0.5, 0.6) is 0 Å². The van der Waals surface area contributed by atoms with Gasteiger partial charge >= 0.3 is 11.8 Å². The molecule has 110 valence electrons. The number of nitrogens with one attached hydrogen (secondary N) is 1. The maximum absolute atomic E-state index is 12.1. The number of hydrogen-bond acceptors (Lipinski definition) is 2. The third-order valence-electron chi connectivity index (χ3n) is 3.07. The summed E-state index contributed by atoms with van der Waals surface area (Å²) in [5.41, 5.74) is 1.77. The van der Waals surface area contributed by atoms with E-state index in [9.17, 15) is 9.59 Å². The Kier molecular flexibility index (Phi) is 6.77. The molecule has 0 spiro atoms. The Morgan fingerprint density at radius 3 is 2.25 bits per heavy atom. The lowest BCUT2D eigenvalue weighted by atomic mass is 10.2. The number of aryl methyl sites for hydroxylation is 1. The molecule has 0 aliphatic heterocycles. The lowest BCUT2D eigenvalue weighted by molar-refractivity contribution is -0.143. The number of carbonyl (C=O) groups is 2. The van der Waals surface area contributed by atoms with Crippen LogP contribution in [-0.4, -0.2) is 29.8 Å². The molecule has 0 radical (unpaired) electrons. The van der Waals surface area contributed by atoms with Crippen LogP contribution >= 0.6 is 0 Å². The Morgan fingerprint density at radius 2 is 1.70 bits per heavy atom. The number of amides is 2. The Labute approximate surface area is 121 Å². The van der Waals surface area contributed by atoms with Gasteiger partial charge in [0.25, 0.3) is 0 Å². The van der Waals surface area contributed by atoms with Gasteiger partial charge in [-0.05, 0) is 31.9 Å². The summed E-state index contributed by atoms with van der Waals surface area (Å²) in [5, 5.41) is 2.65. The summed E-state index contributed by atoms with van der Waals surface area (Å²) in [6, 6.07) is 7.41. The van der Waals surface area contributed by atoms with E-state index in [-0.39, 0.29) is 0 Å². The first-order chi connectivity index (χ1) is 9.58. The number of benzene rings is 1. The fourth-order valence-electron chi connectivity index (χ4n) is 1.90. The second-order valence-electron chi connectivity index (χ2n) is 4.97. The summed E-state index contributed by atoms with van der Waals surface area (Å²) in [7, 11) is 0. The molecule has 0 atom stereocenters. The molecule has 1 rings (SSSR count). The Bertz CT molecular complexity index is 440. The number of nitrogens with zero attached hydrogens (tertiary/aromatic N) is 1. The summed E-state index contributed by atoms with van der Waals surface area (Å²) in [4.78, 5) is 25.7. The average Bonchev–Trinajstić information content (AvgIpc) is 2.45. The average molecular weight is 276 g/mol. The van der Waals surface area contributed by atoms with Crippen LogP contribution in [0.25, 0.3) is 0 Å². The molecule has 4 nitrogen and oxygen atoms in total. The van der Waals surface area contributed by atoms with Gasteiger partial charge in [-0.25, -0.2) is 0 Å². The van der Waals surface area contributed by atoms with E-state index in [0.717, 1.165) is 24.8 Å². The van der Waals surface area contributed by atoms with E-state index in [1.807, 2.05) is 26.0 Å². The van der Waals surface area contributed by atoms with Crippen molar-refractivity contribution in [1.29, 1.82) is 0 Å². The molecular weight excluding hydrogens is 252 g/mol. The zero-order valence-corrected chi connectivity index (χ0v) is 12.6. The second kappa shape index (κ2) is 8.35. The molecule has 1 aromatic carbocycles. The van der Waals surface area contributed by atoms with Crippen molar-refractivity contribution in [2.45, 2.75) is 40.0 Å². The fraction of sp³-hybridized carbons (Fsp3) is 0.500. The molecule has 0 heterocycles. The normalized spacial score (nSPS) is 10.2. The minimum Gasteiger partial charge on any atom is -0.334 e. The third-order valence-corrected chi connectivity index (χ3v) is 3.07. The number of anilines is 1. The number of hydrogen-bond donors (Lipinski definition) is 1. The van der Waals surface area contributed by atoms with Crippen molar-refractivity contribution in [2.75, 3.05) is 18.4 Å². The first-order valence-corrected chi connectivity index (χ1v) is 7.25. The monoisotopic (exact) mass is 276 g/mol. The molecule has 0 fully saturated rings. The van der Waals surface area contributed by atoms with Crippen LogP contribution in [0.2, 0.25) is 0 Å². The summed E-state index contributed by atoms with van der Waals surface area (Å²) < 4.78 is 0. The van der Waals surface area contributed by atoms with Gasteiger partial charge in [0.1, 0.15) is 0 Å². The lowest BCUT2D eigenvalue weighted by Crippen LogP contribution is -2.40. The van der Waals surface area contributed by atoms with Crippen LogP contribution in [0.1, 0.15) is 38.7 Å². The summed E-state index contributed by atoms with van der Waals surface area (Å²) in [5.74, 6) is -1.00. The Hall–Kier alpha value is -1.84. The van der Waals surface area contributed by atoms with Gasteiger partial charge in [0.05, 0.1) is 0 Å². The van der Waals surface area contributed by atoms with Crippen LogP contribution in [0, 0.1) is 6.92 Å². The van der Waals surface area contributed by atoms with Gasteiger partial charge in [0, 0.05) is 18.8 Å². The topological polar surface area (TPSA) is 49.4 Å². The molecular formula is C16H24N2O2. The summed E-state index contributed by atoms with van der Waals surface area (Å²) in [6.45, 7) is 7.32. The van der Waals surface area contributed by atoms with Crippen molar-refractivity contribution in [3.05, 3.63) is 29.8 Å². The van der Waals surface area contributed by atoms with Crippen molar-refractivity contribution in [2.24, 2.45) is 0 Å². The van der Waals surface area contributed by atoms with Crippen LogP contribution < -0.4 is 5.32 Å². The van der Waals surface area contributed by atoms with Gasteiger partial charge in [-0.1, -0.05) is 38.0 Å². The smallest absolute Gasteiger partial charge is 0.313 e. The number of rotatable bonds is 6. The maximum Gasteiger partial charge on any atom is 0.313 e. The van der Waals surface area contributed by atoms with Crippen LogP contribution in [0.15, 0.2) is 24.3 Å². The second-order valence-corrected chi connectivity index (χ2v) is 4.97. The van der Waals surface area contributed by atoms with Crippen molar-refractivity contribution >= 4 is 17.5 Å². The van der Waals surface area contributed by atoms with Crippen LogP contribution in [-0.2, 0) is 9.59 Å². The fourth-order valence-corrected chi connectivity index (χ4v) is 1.90. The van der Waals surface area contributed by atoms with Crippen molar-refractivity contribution in [3.8, 4) is 0 Å². The van der Waals surface area contributed by atoms with Crippen molar-refractivity contribution in [1.82, 2.24) is 4.90 Å². The van der Waals surface area contributed by atoms with E-state index >= 15 is 0 Å². The molecule has 0 aliphatic carbocycles. The predicted octanol–water partition coefficient (Wildman–Crippen LogP) is 2.97. The van der Waals surface area contributed by atoms with Crippen molar-refractivity contribution in [3.63, 3.8) is 0 Å². The molecule has 0 bridgehead atoms. The standard InChI is InChI=1S/C16H24N2O2/c1-4-6-12-18(11-5-2)16(20)15(19)17-14-9-7-13(3)8-10-14/h7-10H,4-6,11-12H2,1-3H3,(H,17,19). The van der Waals surface area contributed by atoms with Gasteiger partial charge in [0.15, 0.2) is 0 Å². The van der Waals surface area contributed by atoms with E-state index in [2.05, 4.69) is 12.2 Å². The molecule has 0 aliphatic rings. The van der Waals surface area contributed by atoms with Gasteiger partial charge < -0.3 is 10.2 Å². The number of carbonyl (C=O) groups excluding carboxylic acids is 2. The first kappa shape index (κ1) is 16.2. The van der Waals surface area contributed by atoms with Crippen molar-refractivity contribution < 1.29 is 9.59 Å². The van der Waals surface area contributed by atoms with Gasteiger partial charge in [-0.15, -0.1) is 0 Å². The molecule has 0 unspecified atom stereocenters. The van der Waals surface area contributed by atoms with E-state index in [1.54, 1.807) is 17.0 Å². The molecule has 0 aromatic heterocycles. The molecule has 1 N–H and O–H groups in total. The van der Waals surface area contributed by atoms with Gasteiger partial charge in [-0.3, -0.25) is 9.59 Å². The third kappa shape index (κ3) is 5.03. The molecule has 20 heavy (non-hydrogen) atoms. The van der Waals surface area contributed by atoms with Gasteiger partial charge in [-0.2, -0.15) is 0 Å². The molecule has 0 saturated carbocycles. The van der Waals surface area contributed by atoms with Gasteiger partial charge in [0.2, 0.25) is 0 Å². The minimum atomic E-state index is -0.557. The summed E-state index contributed by atoms with van der Waals surface area (Å²) in [6.07, 6.45) is 2.78.